The Morgan fingerprint density at radius 2 is 2.00 bits per heavy atom. The zero-order chi connectivity index (χ0) is 20.6. The molecule has 8 heteroatoms. The Labute approximate surface area is 195 Å². The van der Waals surface area contributed by atoms with E-state index >= 15 is 0 Å². The predicted octanol–water partition coefficient (Wildman–Crippen LogP) is 4.69. The van der Waals surface area contributed by atoms with E-state index in [0.717, 1.165) is 34.7 Å². The highest BCUT2D eigenvalue weighted by Gasteiger charge is 2.19. The second-order valence-electron chi connectivity index (χ2n) is 7.74. The summed E-state index contributed by atoms with van der Waals surface area (Å²) in [4.78, 5) is 9.78. The topological polar surface area (TPSA) is 71.7 Å². The van der Waals surface area contributed by atoms with Crippen molar-refractivity contribution in [2.45, 2.75) is 44.6 Å². The van der Waals surface area contributed by atoms with Crippen LogP contribution in [0.15, 0.2) is 44.8 Å². The van der Waals surface area contributed by atoms with Crippen molar-refractivity contribution in [2.75, 3.05) is 26.5 Å². The van der Waals surface area contributed by atoms with E-state index < -0.39 is 0 Å². The van der Waals surface area contributed by atoms with Crippen molar-refractivity contribution in [3.05, 3.63) is 42.1 Å². The highest BCUT2D eigenvalue weighted by atomic mass is 127. The number of nitrogens with zero attached hydrogens (tertiary/aromatic N) is 2. The number of aromatic nitrogens is 1. The van der Waals surface area contributed by atoms with Crippen molar-refractivity contribution in [2.24, 2.45) is 10.9 Å². The van der Waals surface area contributed by atoms with E-state index in [0.29, 0.717) is 18.4 Å². The number of aliphatic imine (C=N–C) groups is 1. The number of ether oxygens (including phenoxy) is 1. The zero-order valence-corrected chi connectivity index (χ0v) is 21.3. The summed E-state index contributed by atoms with van der Waals surface area (Å²) in [6, 6.07) is 8.10. The Kier molecular flexibility index (Phi) is 10.9. The second kappa shape index (κ2) is 12.3. The van der Waals surface area contributed by atoms with E-state index in [2.05, 4.69) is 54.4 Å². The molecule has 1 heterocycles. The Bertz CT molecular complexity index is 774. The molecule has 0 aliphatic carbocycles. The van der Waals surface area contributed by atoms with Gasteiger partial charge in [0.25, 0.3) is 0 Å². The minimum Gasteiger partial charge on any atom is -0.496 e. The number of methoxy groups -OCH3 is 1. The monoisotopic (exact) mass is 532 g/mol. The van der Waals surface area contributed by atoms with Crippen molar-refractivity contribution >= 4 is 41.7 Å². The molecular weight excluding hydrogens is 499 g/mol. The molecule has 1 atom stereocenters. The Morgan fingerprint density at radius 1 is 1.28 bits per heavy atom. The van der Waals surface area contributed by atoms with Crippen LogP contribution in [0.5, 0.6) is 5.75 Å². The van der Waals surface area contributed by atoms with Gasteiger partial charge in [0.05, 0.1) is 19.9 Å². The molecule has 6 nitrogen and oxygen atoms in total. The van der Waals surface area contributed by atoms with Crippen LogP contribution in [-0.4, -0.2) is 37.4 Å². The molecule has 162 valence electrons. The molecule has 1 unspecified atom stereocenters. The fourth-order valence-corrected chi connectivity index (χ4v) is 3.47. The van der Waals surface area contributed by atoms with Crippen LogP contribution in [0.25, 0.3) is 0 Å². The summed E-state index contributed by atoms with van der Waals surface area (Å²) in [5.74, 6) is 4.65. The van der Waals surface area contributed by atoms with Crippen LogP contribution in [0, 0.1) is 5.92 Å². The molecule has 0 aliphatic heterocycles. The van der Waals surface area contributed by atoms with Crippen molar-refractivity contribution < 1.29 is 9.15 Å². The summed E-state index contributed by atoms with van der Waals surface area (Å²) >= 11 is 1.80. The number of guanidine groups is 1. The molecule has 0 amide bonds. The lowest BCUT2D eigenvalue weighted by Crippen LogP contribution is -2.39. The van der Waals surface area contributed by atoms with Gasteiger partial charge in [-0.15, -0.1) is 35.7 Å². The molecule has 0 saturated heterocycles. The summed E-state index contributed by atoms with van der Waals surface area (Å²) in [6.45, 7) is 9.86. The molecule has 0 radical (unpaired) electrons. The third-order valence-electron chi connectivity index (χ3n) is 4.13. The summed E-state index contributed by atoms with van der Waals surface area (Å²) in [7, 11) is 3.47. The maximum atomic E-state index is 5.81. The lowest BCUT2D eigenvalue weighted by Gasteiger charge is -2.16. The largest absolute Gasteiger partial charge is 0.496 e. The lowest BCUT2D eigenvalue weighted by molar-refractivity contribution is 0.379. The van der Waals surface area contributed by atoms with Gasteiger partial charge in [0.1, 0.15) is 11.5 Å². The van der Waals surface area contributed by atoms with Gasteiger partial charge in [-0.05, 0) is 18.1 Å². The van der Waals surface area contributed by atoms with E-state index in [9.17, 15) is 0 Å². The summed E-state index contributed by atoms with van der Waals surface area (Å²) in [5.41, 5.74) is -0.0420. The van der Waals surface area contributed by atoms with Crippen LogP contribution in [0.1, 0.15) is 39.3 Å². The van der Waals surface area contributed by atoms with E-state index in [1.807, 2.05) is 18.2 Å². The van der Waals surface area contributed by atoms with Gasteiger partial charge in [0, 0.05) is 29.7 Å². The average molecular weight is 532 g/mol. The molecule has 2 rings (SSSR count). The number of halogens is 1. The molecule has 0 saturated carbocycles. The van der Waals surface area contributed by atoms with Gasteiger partial charge in [-0.2, -0.15) is 0 Å². The van der Waals surface area contributed by atoms with E-state index in [1.165, 1.54) is 0 Å². The minimum absolute atomic E-state index is 0. The quantitative estimate of drug-likeness (QED) is 0.223. The molecular formula is C21H33IN4O2S. The first-order valence-corrected chi connectivity index (χ1v) is 10.5. The van der Waals surface area contributed by atoms with Gasteiger partial charge in [0.2, 0.25) is 5.89 Å². The maximum absolute atomic E-state index is 5.81. The smallest absolute Gasteiger partial charge is 0.213 e. The number of nitrogens with one attached hydrogen (secondary N) is 2. The highest BCUT2D eigenvalue weighted by molar-refractivity contribution is 14.0. The number of hydrogen-bond acceptors (Lipinski definition) is 5. The van der Waals surface area contributed by atoms with Crippen LogP contribution < -0.4 is 15.4 Å². The number of hydrogen-bond donors (Lipinski definition) is 2. The normalized spacial score (nSPS) is 12.8. The molecule has 29 heavy (non-hydrogen) atoms. The Balaban J connectivity index is 0.00000420. The summed E-state index contributed by atoms with van der Waals surface area (Å²) in [5, 5.41) is 6.62. The molecule has 0 bridgehead atoms. The predicted molar refractivity (Wildman–Crippen MR) is 132 cm³/mol. The zero-order valence-electron chi connectivity index (χ0n) is 18.1. The fraction of sp³-hybridized carbons (Fsp3) is 0.524. The lowest BCUT2D eigenvalue weighted by atomic mass is 9.94. The Morgan fingerprint density at radius 3 is 2.62 bits per heavy atom. The first-order valence-electron chi connectivity index (χ1n) is 9.49. The molecule has 0 spiro atoms. The van der Waals surface area contributed by atoms with Gasteiger partial charge >= 0.3 is 0 Å². The van der Waals surface area contributed by atoms with Crippen LogP contribution in [0.2, 0.25) is 0 Å². The molecule has 2 aromatic rings. The van der Waals surface area contributed by atoms with Gasteiger partial charge in [0.15, 0.2) is 5.96 Å². The summed E-state index contributed by atoms with van der Waals surface area (Å²) < 4.78 is 11.2. The van der Waals surface area contributed by atoms with Gasteiger partial charge < -0.3 is 19.8 Å². The average Bonchev–Trinajstić information content (AvgIpc) is 3.16. The van der Waals surface area contributed by atoms with Crippen LogP contribution >= 0.6 is 35.7 Å². The number of thioether (sulfide) groups is 1. The molecule has 1 aromatic heterocycles. The third kappa shape index (κ3) is 8.46. The first-order chi connectivity index (χ1) is 13.3. The molecule has 1 aromatic carbocycles. The van der Waals surface area contributed by atoms with E-state index in [4.69, 9.17) is 9.15 Å². The summed E-state index contributed by atoms with van der Waals surface area (Å²) in [6.07, 6.45) is 1.80. The van der Waals surface area contributed by atoms with E-state index in [1.54, 1.807) is 32.1 Å². The van der Waals surface area contributed by atoms with Crippen molar-refractivity contribution in [3.63, 3.8) is 0 Å². The van der Waals surface area contributed by atoms with Crippen LogP contribution in [0.4, 0.5) is 0 Å². The van der Waals surface area contributed by atoms with Gasteiger partial charge in [-0.3, -0.25) is 4.99 Å². The molecule has 2 N–H and O–H groups in total. The number of rotatable bonds is 8. The second-order valence-corrected chi connectivity index (χ2v) is 8.80. The number of oxazole rings is 1. The maximum Gasteiger partial charge on any atom is 0.213 e. The van der Waals surface area contributed by atoms with Crippen molar-refractivity contribution in [1.82, 2.24) is 15.6 Å². The van der Waals surface area contributed by atoms with Crippen molar-refractivity contribution in [3.8, 4) is 5.75 Å². The number of benzene rings is 1. The molecule has 0 aliphatic rings. The van der Waals surface area contributed by atoms with Crippen molar-refractivity contribution in [1.29, 1.82) is 0 Å². The van der Waals surface area contributed by atoms with Crippen LogP contribution in [0.3, 0.4) is 0 Å². The van der Waals surface area contributed by atoms with Gasteiger partial charge in [-0.25, -0.2) is 4.98 Å². The fourth-order valence-electron chi connectivity index (χ4n) is 2.42. The third-order valence-corrected chi connectivity index (χ3v) is 5.52. The van der Waals surface area contributed by atoms with Crippen LogP contribution in [-0.2, 0) is 12.0 Å². The first kappa shape index (κ1) is 25.6. The standard InChI is InChI=1S/C21H32N4O2S.HI/c1-15(14-28-17-10-8-7-9-16(17)26-6)11-24-20(22-5)25-13-19-23-12-18(27-19)21(2,3)4;/h7-10,12,15H,11,13-14H2,1-6H3,(H2,22,24,25);1H. The van der Waals surface area contributed by atoms with E-state index in [-0.39, 0.29) is 29.4 Å². The molecule has 0 fully saturated rings. The SMILES string of the molecule is CN=C(NCc1ncc(C(C)(C)C)o1)NCC(C)CSc1ccccc1OC.I. The van der Waals surface area contributed by atoms with Gasteiger partial charge in [-0.1, -0.05) is 39.8 Å². The Hall–Kier alpha value is -1.42. The minimum atomic E-state index is -0.0420. The highest BCUT2D eigenvalue weighted by Crippen LogP contribution is 2.29. The number of para-hydroxylation sites is 1.